The maximum Gasteiger partial charge on any atom is 0.220 e. The molecule has 0 fully saturated rings. The Balaban J connectivity index is 1.42. The second kappa shape index (κ2) is 9.40. The second-order valence-electron chi connectivity index (χ2n) is 7.61. The van der Waals surface area contributed by atoms with Crippen molar-refractivity contribution in [2.24, 2.45) is 0 Å². The zero-order valence-electron chi connectivity index (χ0n) is 17.3. The van der Waals surface area contributed by atoms with Crippen LogP contribution in [0.2, 0.25) is 0 Å². The maximum absolute atomic E-state index is 12.3. The Kier molecular flexibility index (Phi) is 6.23. The first kappa shape index (κ1) is 19.9. The quantitative estimate of drug-likeness (QED) is 0.469. The van der Waals surface area contributed by atoms with Crippen molar-refractivity contribution in [1.29, 1.82) is 0 Å². The molecule has 0 aliphatic heterocycles. The van der Waals surface area contributed by atoms with Gasteiger partial charge in [-0.1, -0.05) is 66.7 Å². The van der Waals surface area contributed by atoms with Gasteiger partial charge in [0, 0.05) is 25.9 Å². The van der Waals surface area contributed by atoms with Gasteiger partial charge in [0.05, 0.1) is 11.0 Å². The molecule has 0 aliphatic rings. The normalized spacial score (nSPS) is 11.0. The SMILES string of the molecule is Cc1ccccc1Cn1c(CCNC(=O)CCc2ccccc2)nc2ccccc21. The summed E-state index contributed by atoms with van der Waals surface area (Å²) in [5.41, 5.74) is 5.87. The van der Waals surface area contributed by atoms with E-state index in [4.69, 9.17) is 4.98 Å². The van der Waals surface area contributed by atoms with E-state index in [0.29, 0.717) is 19.4 Å². The number of aryl methyl sites for hydroxylation is 2. The molecule has 4 nitrogen and oxygen atoms in total. The highest BCUT2D eigenvalue weighted by Crippen LogP contribution is 2.19. The van der Waals surface area contributed by atoms with E-state index in [0.717, 1.165) is 29.8 Å². The molecule has 1 heterocycles. The van der Waals surface area contributed by atoms with Gasteiger partial charge < -0.3 is 9.88 Å². The third kappa shape index (κ3) is 4.77. The van der Waals surface area contributed by atoms with Gasteiger partial charge in [0.2, 0.25) is 5.91 Å². The minimum Gasteiger partial charge on any atom is -0.356 e. The molecule has 4 heteroatoms. The monoisotopic (exact) mass is 397 g/mol. The molecule has 0 saturated carbocycles. The molecule has 0 aliphatic carbocycles. The van der Waals surface area contributed by atoms with Crippen LogP contribution in [-0.2, 0) is 24.2 Å². The summed E-state index contributed by atoms with van der Waals surface area (Å²) < 4.78 is 2.27. The van der Waals surface area contributed by atoms with E-state index in [1.54, 1.807) is 0 Å². The van der Waals surface area contributed by atoms with E-state index >= 15 is 0 Å². The van der Waals surface area contributed by atoms with Gasteiger partial charge in [0.1, 0.15) is 5.82 Å². The molecular weight excluding hydrogens is 370 g/mol. The molecule has 0 saturated heterocycles. The average Bonchev–Trinajstić information content (AvgIpc) is 3.12. The lowest BCUT2D eigenvalue weighted by Crippen LogP contribution is -2.26. The van der Waals surface area contributed by atoms with Crippen molar-refractivity contribution in [3.63, 3.8) is 0 Å². The Hall–Kier alpha value is -3.40. The molecule has 1 N–H and O–H groups in total. The van der Waals surface area contributed by atoms with Crippen molar-refractivity contribution in [3.05, 3.63) is 101 Å². The van der Waals surface area contributed by atoms with Crippen LogP contribution in [-0.4, -0.2) is 22.0 Å². The third-order valence-electron chi connectivity index (χ3n) is 5.48. The maximum atomic E-state index is 12.3. The summed E-state index contributed by atoms with van der Waals surface area (Å²) in [5.74, 6) is 1.09. The van der Waals surface area contributed by atoms with Crippen LogP contribution >= 0.6 is 0 Å². The summed E-state index contributed by atoms with van der Waals surface area (Å²) in [6.45, 7) is 3.51. The van der Waals surface area contributed by atoms with E-state index < -0.39 is 0 Å². The van der Waals surface area contributed by atoms with Gasteiger partial charge in [0.15, 0.2) is 0 Å². The summed E-state index contributed by atoms with van der Waals surface area (Å²) in [7, 11) is 0. The molecule has 3 aromatic carbocycles. The van der Waals surface area contributed by atoms with E-state index in [-0.39, 0.29) is 5.91 Å². The van der Waals surface area contributed by atoms with Crippen molar-refractivity contribution in [3.8, 4) is 0 Å². The Morgan fingerprint density at radius 1 is 0.900 bits per heavy atom. The number of rotatable bonds is 8. The predicted molar refractivity (Wildman–Crippen MR) is 121 cm³/mol. The lowest BCUT2D eigenvalue weighted by molar-refractivity contribution is -0.121. The highest BCUT2D eigenvalue weighted by Gasteiger charge is 2.12. The largest absolute Gasteiger partial charge is 0.356 e. The molecule has 30 heavy (non-hydrogen) atoms. The number of carbonyl (C=O) groups excluding carboxylic acids is 1. The fraction of sp³-hybridized carbons (Fsp3) is 0.231. The second-order valence-corrected chi connectivity index (χ2v) is 7.61. The van der Waals surface area contributed by atoms with Crippen LogP contribution in [0.1, 0.15) is 28.9 Å². The number of nitrogens with zero attached hydrogens (tertiary/aromatic N) is 2. The number of aromatic nitrogens is 2. The van der Waals surface area contributed by atoms with Crippen molar-refractivity contribution in [2.45, 2.75) is 32.7 Å². The van der Waals surface area contributed by atoms with Gasteiger partial charge in [0.25, 0.3) is 0 Å². The minimum absolute atomic E-state index is 0.0837. The first-order valence-corrected chi connectivity index (χ1v) is 10.5. The molecule has 0 unspecified atom stereocenters. The number of fused-ring (bicyclic) bond motifs is 1. The molecule has 0 radical (unpaired) electrons. The Morgan fingerprint density at radius 2 is 1.63 bits per heavy atom. The summed E-state index contributed by atoms with van der Waals surface area (Å²) in [6.07, 6.45) is 1.97. The number of carbonyl (C=O) groups is 1. The summed E-state index contributed by atoms with van der Waals surface area (Å²) in [6, 6.07) is 26.8. The van der Waals surface area contributed by atoms with Crippen LogP contribution in [0, 0.1) is 6.92 Å². The van der Waals surface area contributed by atoms with E-state index in [1.165, 1.54) is 16.7 Å². The Labute approximate surface area is 177 Å². The van der Waals surface area contributed by atoms with Crippen LogP contribution in [0.3, 0.4) is 0 Å². The first-order valence-electron chi connectivity index (χ1n) is 10.5. The number of hydrogen-bond donors (Lipinski definition) is 1. The smallest absolute Gasteiger partial charge is 0.220 e. The fourth-order valence-electron chi connectivity index (χ4n) is 3.76. The molecule has 4 rings (SSSR count). The van der Waals surface area contributed by atoms with Gasteiger partial charge in [-0.15, -0.1) is 0 Å². The number of amides is 1. The van der Waals surface area contributed by atoms with Crippen LogP contribution < -0.4 is 5.32 Å². The van der Waals surface area contributed by atoms with Gasteiger partial charge in [-0.2, -0.15) is 0 Å². The van der Waals surface area contributed by atoms with Gasteiger partial charge in [-0.25, -0.2) is 4.98 Å². The zero-order valence-corrected chi connectivity index (χ0v) is 17.3. The first-order chi connectivity index (χ1) is 14.7. The van der Waals surface area contributed by atoms with Crippen molar-refractivity contribution >= 4 is 16.9 Å². The molecule has 1 amide bonds. The van der Waals surface area contributed by atoms with Crippen LogP contribution in [0.4, 0.5) is 0 Å². The molecule has 4 aromatic rings. The molecule has 0 bridgehead atoms. The standard InChI is InChI=1S/C26H27N3O/c1-20-9-5-6-12-22(20)19-29-24-14-8-7-13-23(24)28-25(29)17-18-27-26(30)16-15-21-10-3-2-4-11-21/h2-14H,15-19H2,1H3,(H,27,30). The molecule has 152 valence electrons. The number of para-hydroxylation sites is 2. The zero-order chi connectivity index (χ0) is 20.8. The van der Waals surface area contributed by atoms with Crippen LogP contribution in [0.25, 0.3) is 11.0 Å². The molecule has 0 spiro atoms. The summed E-state index contributed by atoms with van der Waals surface area (Å²) in [5, 5.41) is 3.06. The minimum atomic E-state index is 0.0837. The number of hydrogen-bond acceptors (Lipinski definition) is 2. The van der Waals surface area contributed by atoms with Crippen molar-refractivity contribution in [2.75, 3.05) is 6.54 Å². The predicted octanol–water partition coefficient (Wildman–Crippen LogP) is 4.68. The molecular formula is C26H27N3O. The van der Waals surface area contributed by atoms with Gasteiger partial charge in [-0.3, -0.25) is 4.79 Å². The summed E-state index contributed by atoms with van der Waals surface area (Å²) >= 11 is 0. The van der Waals surface area contributed by atoms with Crippen molar-refractivity contribution in [1.82, 2.24) is 14.9 Å². The van der Waals surface area contributed by atoms with Crippen LogP contribution in [0.15, 0.2) is 78.9 Å². The Morgan fingerprint density at radius 3 is 2.47 bits per heavy atom. The lowest BCUT2D eigenvalue weighted by atomic mass is 10.1. The number of nitrogens with one attached hydrogen (secondary N) is 1. The van der Waals surface area contributed by atoms with Gasteiger partial charge >= 0.3 is 0 Å². The van der Waals surface area contributed by atoms with E-state index in [2.05, 4.69) is 59.3 Å². The fourth-order valence-corrected chi connectivity index (χ4v) is 3.76. The third-order valence-corrected chi connectivity index (χ3v) is 5.48. The molecule has 0 atom stereocenters. The highest BCUT2D eigenvalue weighted by atomic mass is 16.1. The molecule has 1 aromatic heterocycles. The van der Waals surface area contributed by atoms with Crippen LogP contribution in [0.5, 0.6) is 0 Å². The summed E-state index contributed by atoms with van der Waals surface area (Å²) in [4.78, 5) is 17.1. The number of benzene rings is 3. The highest BCUT2D eigenvalue weighted by molar-refractivity contribution is 5.77. The number of imidazole rings is 1. The lowest BCUT2D eigenvalue weighted by Gasteiger charge is -2.12. The van der Waals surface area contributed by atoms with Gasteiger partial charge in [-0.05, 0) is 42.2 Å². The van der Waals surface area contributed by atoms with Crippen molar-refractivity contribution < 1.29 is 4.79 Å². The average molecular weight is 398 g/mol. The Bertz CT molecular complexity index is 1130. The topological polar surface area (TPSA) is 46.9 Å². The van der Waals surface area contributed by atoms with E-state index in [9.17, 15) is 4.79 Å². The van der Waals surface area contributed by atoms with E-state index in [1.807, 2.05) is 36.4 Å².